The molecule has 0 saturated carbocycles. The number of carboxylic acids is 1. The number of hydrogen-bond donors (Lipinski definition) is 1. The van der Waals surface area contributed by atoms with Crippen LogP contribution in [0.2, 0.25) is 0 Å². The number of nitrogens with zero attached hydrogens (tertiary/aromatic N) is 2. The molecule has 0 aliphatic carbocycles. The molecule has 25 heavy (non-hydrogen) atoms. The van der Waals surface area contributed by atoms with Gasteiger partial charge in [0, 0.05) is 20.0 Å². The number of carbonyl (C=O) groups is 2. The first kappa shape index (κ1) is 17.9. The molecular formula is C20H28N2O3. The van der Waals surface area contributed by atoms with Crippen LogP contribution in [0.4, 0.5) is 0 Å². The Morgan fingerprint density at radius 1 is 1.16 bits per heavy atom. The van der Waals surface area contributed by atoms with Crippen molar-refractivity contribution in [3.05, 3.63) is 34.9 Å². The van der Waals surface area contributed by atoms with E-state index in [1.165, 1.54) is 23.6 Å². The lowest BCUT2D eigenvalue weighted by Gasteiger charge is -2.39. The largest absolute Gasteiger partial charge is 0.480 e. The van der Waals surface area contributed by atoms with Crippen molar-refractivity contribution < 1.29 is 14.7 Å². The first-order valence-electron chi connectivity index (χ1n) is 9.08. The molecule has 2 heterocycles. The number of hydrogen-bond acceptors (Lipinski definition) is 3. The summed E-state index contributed by atoms with van der Waals surface area (Å²) in [7, 11) is 0. The molecule has 0 unspecified atom stereocenters. The number of carboxylic acid groups (broad SMARTS) is 1. The maximum atomic E-state index is 11.8. The first-order chi connectivity index (χ1) is 11.8. The molecule has 2 aliphatic rings. The Hall–Kier alpha value is -1.88. The normalized spacial score (nSPS) is 23.2. The van der Waals surface area contributed by atoms with Gasteiger partial charge < -0.3 is 10.0 Å². The van der Waals surface area contributed by atoms with Gasteiger partial charge in [0.2, 0.25) is 5.91 Å². The molecule has 5 heteroatoms. The molecule has 1 amide bonds. The van der Waals surface area contributed by atoms with Crippen LogP contribution in [0.1, 0.15) is 42.9 Å². The predicted octanol–water partition coefficient (Wildman–Crippen LogP) is 2.59. The van der Waals surface area contributed by atoms with Gasteiger partial charge in [-0.15, -0.1) is 0 Å². The molecule has 136 valence electrons. The predicted molar refractivity (Wildman–Crippen MR) is 96.3 cm³/mol. The molecule has 1 aromatic carbocycles. The van der Waals surface area contributed by atoms with Gasteiger partial charge in [-0.3, -0.25) is 9.69 Å². The molecule has 2 aliphatic heterocycles. The van der Waals surface area contributed by atoms with Gasteiger partial charge in [0.05, 0.1) is 0 Å². The van der Waals surface area contributed by atoms with Crippen LogP contribution in [0.3, 0.4) is 0 Å². The fourth-order valence-electron chi connectivity index (χ4n) is 4.57. The number of carbonyl (C=O) groups excluding carboxylic acids is 1. The van der Waals surface area contributed by atoms with Crippen LogP contribution in [0, 0.1) is 19.3 Å². The van der Waals surface area contributed by atoms with Gasteiger partial charge in [-0.1, -0.05) is 29.3 Å². The van der Waals surface area contributed by atoms with Crippen molar-refractivity contribution in [2.24, 2.45) is 5.41 Å². The molecule has 3 rings (SSSR count). The molecular weight excluding hydrogens is 316 g/mol. The van der Waals surface area contributed by atoms with Crippen molar-refractivity contribution in [3.8, 4) is 0 Å². The van der Waals surface area contributed by atoms with Crippen LogP contribution in [-0.4, -0.2) is 52.5 Å². The van der Waals surface area contributed by atoms with E-state index in [4.69, 9.17) is 0 Å². The third-order valence-corrected chi connectivity index (χ3v) is 5.80. The SMILES string of the molecule is CC(=O)N1CC2(CCN(Cc3cc(C)cc(C)c3)CC2)C[C@@H]1C(=O)O. The van der Waals surface area contributed by atoms with Crippen LogP contribution in [0.5, 0.6) is 0 Å². The van der Waals surface area contributed by atoms with Crippen molar-refractivity contribution >= 4 is 11.9 Å². The van der Waals surface area contributed by atoms with E-state index in [2.05, 4.69) is 36.9 Å². The monoisotopic (exact) mass is 344 g/mol. The van der Waals surface area contributed by atoms with Crippen molar-refractivity contribution in [3.63, 3.8) is 0 Å². The third kappa shape index (κ3) is 3.87. The van der Waals surface area contributed by atoms with E-state index < -0.39 is 12.0 Å². The van der Waals surface area contributed by atoms with Gasteiger partial charge in [0.15, 0.2) is 0 Å². The molecule has 1 atom stereocenters. The Morgan fingerprint density at radius 3 is 2.24 bits per heavy atom. The fourth-order valence-corrected chi connectivity index (χ4v) is 4.57. The van der Waals surface area contributed by atoms with E-state index in [0.717, 1.165) is 32.5 Å². The summed E-state index contributed by atoms with van der Waals surface area (Å²) in [4.78, 5) is 27.3. The van der Waals surface area contributed by atoms with E-state index in [-0.39, 0.29) is 11.3 Å². The molecule has 1 N–H and O–H groups in total. The summed E-state index contributed by atoms with van der Waals surface area (Å²) in [5.74, 6) is -0.994. The van der Waals surface area contributed by atoms with Gasteiger partial charge in [-0.25, -0.2) is 4.79 Å². The first-order valence-corrected chi connectivity index (χ1v) is 9.08. The van der Waals surface area contributed by atoms with Gasteiger partial charge >= 0.3 is 5.97 Å². The fraction of sp³-hybridized carbons (Fsp3) is 0.600. The lowest BCUT2D eigenvalue weighted by molar-refractivity contribution is -0.147. The summed E-state index contributed by atoms with van der Waals surface area (Å²) < 4.78 is 0. The van der Waals surface area contributed by atoms with E-state index in [9.17, 15) is 14.7 Å². The summed E-state index contributed by atoms with van der Waals surface area (Å²) >= 11 is 0. The van der Waals surface area contributed by atoms with Crippen LogP contribution in [-0.2, 0) is 16.1 Å². The zero-order valence-corrected chi connectivity index (χ0v) is 15.4. The van der Waals surface area contributed by atoms with Crippen LogP contribution in [0.25, 0.3) is 0 Å². The summed E-state index contributed by atoms with van der Waals surface area (Å²) in [6, 6.07) is 6.02. The van der Waals surface area contributed by atoms with Gasteiger partial charge in [-0.2, -0.15) is 0 Å². The summed E-state index contributed by atoms with van der Waals surface area (Å²) in [6.07, 6.45) is 2.52. The highest BCUT2D eigenvalue weighted by molar-refractivity contribution is 5.83. The number of aliphatic carboxylic acids is 1. The average molecular weight is 344 g/mol. The van der Waals surface area contributed by atoms with Crippen LogP contribution in [0.15, 0.2) is 18.2 Å². The molecule has 1 aromatic rings. The summed E-state index contributed by atoms with van der Waals surface area (Å²) in [5.41, 5.74) is 3.91. The molecule has 1 spiro atoms. The number of benzene rings is 1. The Balaban J connectivity index is 1.63. The maximum Gasteiger partial charge on any atom is 0.326 e. The quantitative estimate of drug-likeness (QED) is 0.915. The number of aryl methyl sites for hydroxylation is 2. The second-order valence-electron chi connectivity index (χ2n) is 7.98. The third-order valence-electron chi connectivity index (χ3n) is 5.80. The summed E-state index contributed by atoms with van der Waals surface area (Å²) in [6.45, 7) is 9.19. The van der Waals surface area contributed by atoms with Crippen molar-refractivity contribution in [1.29, 1.82) is 0 Å². The minimum Gasteiger partial charge on any atom is -0.480 e. The van der Waals surface area contributed by atoms with E-state index in [1.54, 1.807) is 4.90 Å². The van der Waals surface area contributed by atoms with E-state index in [1.807, 2.05) is 0 Å². The van der Waals surface area contributed by atoms with Gasteiger partial charge in [0.1, 0.15) is 6.04 Å². The Bertz CT molecular complexity index is 633. The molecule has 2 saturated heterocycles. The zero-order chi connectivity index (χ0) is 18.2. The highest BCUT2D eigenvalue weighted by atomic mass is 16.4. The van der Waals surface area contributed by atoms with Crippen LogP contribution < -0.4 is 0 Å². The average Bonchev–Trinajstić information content (AvgIpc) is 2.89. The number of amides is 1. The molecule has 0 radical (unpaired) electrons. The van der Waals surface area contributed by atoms with Crippen molar-refractivity contribution in [2.75, 3.05) is 19.6 Å². The summed E-state index contributed by atoms with van der Waals surface area (Å²) in [5, 5.41) is 9.44. The molecule has 5 nitrogen and oxygen atoms in total. The Labute approximate surface area is 149 Å². The lowest BCUT2D eigenvalue weighted by atomic mass is 9.76. The molecule has 0 aromatic heterocycles. The van der Waals surface area contributed by atoms with Crippen molar-refractivity contribution in [1.82, 2.24) is 9.80 Å². The van der Waals surface area contributed by atoms with Gasteiger partial charge in [0.25, 0.3) is 0 Å². The minimum absolute atomic E-state index is 0.0201. The number of likely N-dealkylation sites (tertiary alicyclic amines) is 2. The highest BCUT2D eigenvalue weighted by Gasteiger charge is 2.48. The number of piperidine rings is 1. The second-order valence-corrected chi connectivity index (χ2v) is 7.98. The minimum atomic E-state index is -0.871. The lowest BCUT2D eigenvalue weighted by Crippen LogP contribution is -2.42. The zero-order valence-electron chi connectivity index (χ0n) is 15.4. The second kappa shape index (κ2) is 6.79. The molecule has 0 bridgehead atoms. The highest BCUT2D eigenvalue weighted by Crippen LogP contribution is 2.43. The van der Waals surface area contributed by atoms with Crippen molar-refractivity contribution in [2.45, 2.75) is 52.6 Å². The van der Waals surface area contributed by atoms with Gasteiger partial charge in [-0.05, 0) is 57.2 Å². The Morgan fingerprint density at radius 2 is 1.76 bits per heavy atom. The van der Waals surface area contributed by atoms with E-state index >= 15 is 0 Å². The maximum absolute atomic E-state index is 11.8. The van der Waals surface area contributed by atoms with Crippen LogP contribution >= 0.6 is 0 Å². The molecule has 2 fully saturated rings. The standard InChI is InChI=1S/C20H28N2O3/c1-14-8-15(2)10-17(9-14)12-21-6-4-20(5-7-21)11-18(19(24)25)22(13-20)16(3)23/h8-10,18H,4-7,11-13H2,1-3H3,(H,24,25)/t18-/m1/s1. The number of rotatable bonds is 3. The topological polar surface area (TPSA) is 60.9 Å². The Kier molecular flexibility index (Phi) is 4.87. The smallest absolute Gasteiger partial charge is 0.326 e. The van der Waals surface area contributed by atoms with E-state index in [0.29, 0.717) is 13.0 Å².